The van der Waals surface area contributed by atoms with E-state index in [0.717, 1.165) is 0 Å². The first-order valence-corrected chi connectivity index (χ1v) is 5.54. The van der Waals surface area contributed by atoms with Crippen molar-refractivity contribution in [2.75, 3.05) is 11.9 Å². The minimum absolute atomic E-state index is 0.182. The number of rotatable bonds is 5. The van der Waals surface area contributed by atoms with E-state index in [2.05, 4.69) is 4.74 Å². The largest absolute Gasteiger partial charge is 0.466 e. The van der Waals surface area contributed by atoms with Crippen LogP contribution in [0.25, 0.3) is 0 Å². The number of hydrogen-bond donors (Lipinski definition) is 1. The molecule has 0 heterocycles. The van der Waals surface area contributed by atoms with Crippen molar-refractivity contribution in [1.29, 1.82) is 0 Å². The molecule has 0 fully saturated rings. The fraction of sp³-hybridized carbons (Fsp3) is 0.333. The van der Waals surface area contributed by atoms with Gasteiger partial charge in [0, 0.05) is 18.6 Å². The summed E-state index contributed by atoms with van der Waals surface area (Å²) in [4.78, 5) is 22.3. The van der Waals surface area contributed by atoms with Crippen LogP contribution in [0.2, 0.25) is 0 Å². The summed E-state index contributed by atoms with van der Waals surface area (Å²) in [6, 6.07) is 0.897. The van der Waals surface area contributed by atoms with Gasteiger partial charge in [0.2, 0.25) is 5.91 Å². The number of carbonyl (C=O) groups is 2. The lowest BCUT2D eigenvalue weighted by molar-refractivity contribution is -0.144. The van der Waals surface area contributed by atoms with E-state index in [1.807, 2.05) is 5.32 Å². The fourth-order valence-electron chi connectivity index (χ4n) is 1.31. The third-order valence-electron chi connectivity index (χ3n) is 2.13. The van der Waals surface area contributed by atoms with Crippen molar-refractivity contribution in [3.05, 3.63) is 29.6 Å². The maximum Gasteiger partial charge on any atom is 0.306 e. The quantitative estimate of drug-likeness (QED) is 0.839. The number of hydrogen-bond acceptors (Lipinski definition) is 3. The lowest BCUT2D eigenvalue weighted by Crippen LogP contribution is -2.16. The number of amides is 1. The molecule has 0 bridgehead atoms. The Bertz CT molecular complexity index is 468. The Morgan fingerprint density at radius 2 is 1.74 bits per heavy atom. The van der Waals surface area contributed by atoms with E-state index in [9.17, 15) is 22.8 Å². The third-order valence-corrected chi connectivity index (χ3v) is 2.13. The van der Waals surface area contributed by atoms with Crippen molar-refractivity contribution in [2.45, 2.75) is 19.8 Å². The molecule has 19 heavy (non-hydrogen) atoms. The highest BCUT2D eigenvalue weighted by atomic mass is 19.1. The van der Waals surface area contributed by atoms with E-state index in [1.54, 1.807) is 6.92 Å². The molecule has 0 aliphatic carbocycles. The molecule has 1 N–H and O–H groups in total. The average Bonchev–Trinajstić information content (AvgIpc) is 2.31. The topological polar surface area (TPSA) is 55.4 Å². The lowest BCUT2D eigenvalue weighted by atomic mass is 10.2. The molecule has 7 heteroatoms. The number of esters is 1. The van der Waals surface area contributed by atoms with Crippen LogP contribution in [0.3, 0.4) is 0 Å². The number of benzene rings is 1. The Labute approximate surface area is 107 Å². The van der Waals surface area contributed by atoms with Crippen molar-refractivity contribution < 1.29 is 27.5 Å². The first-order valence-electron chi connectivity index (χ1n) is 5.54. The Morgan fingerprint density at radius 3 is 2.26 bits per heavy atom. The first kappa shape index (κ1) is 15.0. The van der Waals surface area contributed by atoms with Crippen LogP contribution in [-0.2, 0) is 14.3 Å². The Kier molecular flexibility index (Phi) is 5.35. The second-order valence-corrected chi connectivity index (χ2v) is 3.60. The van der Waals surface area contributed by atoms with Gasteiger partial charge in [-0.05, 0) is 6.92 Å². The molecule has 0 aliphatic heterocycles. The van der Waals surface area contributed by atoms with Gasteiger partial charge in [-0.3, -0.25) is 9.59 Å². The summed E-state index contributed by atoms with van der Waals surface area (Å²) in [6.07, 6.45) is -0.487. The summed E-state index contributed by atoms with van der Waals surface area (Å²) in [5.41, 5.74) is -0.741. The maximum absolute atomic E-state index is 13.2. The molecular weight excluding hydrogens is 263 g/mol. The SMILES string of the molecule is CCOC(=O)CCC(=O)Nc1c(F)cc(F)cc1F. The molecule has 0 spiro atoms. The molecule has 1 aromatic carbocycles. The van der Waals surface area contributed by atoms with Gasteiger partial charge >= 0.3 is 5.97 Å². The second kappa shape index (κ2) is 6.77. The minimum Gasteiger partial charge on any atom is -0.466 e. The van der Waals surface area contributed by atoms with Gasteiger partial charge in [-0.1, -0.05) is 0 Å². The summed E-state index contributed by atoms with van der Waals surface area (Å²) in [5, 5.41) is 1.94. The first-order chi connectivity index (χ1) is 8.93. The van der Waals surface area contributed by atoms with Gasteiger partial charge in [-0.2, -0.15) is 0 Å². The smallest absolute Gasteiger partial charge is 0.306 e. The van der Waals surface area contributed by atoms with Crippen LogP contribution in [0.1, 0.15) is 19.8 Å². The van der Waals surface area contributed by atoms with E-state index in [-0.39, 0.29) is 19.4 Å². The van der Waals surface area contributed by atoms with E-state index >= 15 is 0 Å². The van der Waals surface area contributed by atoms with E-state index < -0.39 is 35.0 Å². The molecule has 0 saturated heterocycles. The van der Waals surface area contributed by atoms with Gasteiger partial charge in [0.05, 0.1) is 13.0 Å². The average molecular weight is 275 g/mol. The number of halogens is 3. The predicted octanol–water partition coefficient (Wildman–Crippen LogP) is 2.39. The number of carbonyl (C=O) groups excluding carboxylic acids is 2. The van der Waals surface area contributed by atoms with Crippen molar-refractivity contribution in [2.24, 2.45) is 0 Å². The highest BCUT2D eigenvalue weighted by Crippen LogP contribution is 2.20. The molecule has 104 valence electrons. The second-order valence-electron chi connectivity index (χ2n) is 3.60. The molecule has 0 atom stereocenters. The molecule has 0 saturated carbocycles. The van der Waals surface area contributed by atoms with Crippen molar-refractivity contribution in [1.82, 2.24) is 0 Å². The van der Waals surface area contributed by atoms with Crippen LogP contribution < -0.4 is 5.32 Å². The molecule has 1 rings (SSSR count). The van der Waals surface area contributed by atoms with Crippen LogP contribution >= 0.6 is 0 Å². The van der Waals surface area contributed by atoms with Gasteiger partial charge in [0.25, 0.3) is 0 Å². The zero-order valence-corrected chi connectivity index (χ0v) is 10.1. The molecule has 4 nitrogen and oxygen atoms in total. The molecule has 0 aliphatic rings. The number of anilines is 1. The minimum atomic E-state index is -1.22. The van der Waals surface area contributed by atoms with Gasteiger partial charge in [-0.25, -0.2) is 13.2 Å². The summed E-state index contributed by atoms with van der Waals surface area (Å²) in [5.74, 6) is -4.88. The van der Waals surface area contributed by atoms with Crippen LogP contribution in [0.4, 0.5) is 18.9 Å². The van der Waals surface area contributed by atoms with Crippen molar-refractivity contribution in [3.8, 4) is 0 Å². The lowest BCUT2D eigenvalue weighted by Gasteiger charge is -2.07. The third kappa shape index (κ3) is 4.61. The molecule has 0 unspecified atom stereocenters. The van der Waals surface area contributed by atoms with Crippen LogP contribution in [0, 0.1) is 17.5 Å². The maximum atomic E-state index is 13.2. The van der Waals surface area contributed by atoms with E-state index in [4.69, 9.17) is 0 Å². The zero-order valence-electron chi connectivity index (χ0n) is 10.1. The van der Waals surface area contributed by atoms with E-state index in [1.165, 1.54) is 0 Å². The van der Waals surface area contributed by atoms with Crippen LogP contribution in [0.5, 0.6) is 0 Å². The van der Waals surface area contributed by atoms with Crippen LogP contribution in [-0.4, -0.2) is 18.5 Å². The van der Waals surface area contributed by atoms with Crippen LogP contribution in [0.15, 0.2) is 12.1 Å². The molecule has 0 aromatic heterocycles. The predicted molar refractivity (Wildman–Crippen MR) is 60.8 cm³/mol. The highest BCUT2D eigenvalue weighted by Gasteiger charge is 2.15. The monoisotopic (exact) mass is 275 g/mol. The van der Waals surface area contributed by atoms with Crippen molar-refractivity contribution >= 4 is 17.6 Å². The number of ether oxygens (including phenoxy) is 1. The summed E-state index contributed by atoms with van der Waals surface area (Å²) < 4.78 is 43.6. The summed E-state index contributed by atoms with van der Waals surface area (Å²) >= 11 is 0. The fourth-order valence-corrected chi connectivity index (χ4v) is 1.31. The van der Waals surface area contributed by atoms with Gasteiger partial charge < -0.3 is 10.1 Å². The van der Waals surface area contributed by atoms with Crippen molar-refractivity contribution in [3.63, 3.8) is 0 Å². The Balaban J connectivity index is 2.60. The highest BCUT2D eigenvalue weighted by molar-refractivity contribution is 5.92. The summed E-state index contributed by atoms with van der Waals surface area (Å²) in [7, 11) is 0. The zero-order chi connectivity index (χ0) is 14.4. The van der Waals surface area contributed by atoms with E-state index in [0.29, 0.717) is 12.1 Å². The van der Waals surface area contributed by atoms with Gasteiger partial charge in [-0.15, -0.1) is 0 Å². The normalized spacial score (nSPS) is 10.1. The van der Waals surface area contributed by atoms with Gasteiger partial charge in [0.15, 0.2) is 11.6 Å². The molecular formula is C12H12F3NO3. The molecule has 1 aromatic rings. The standard InChI is InChI=1S/C12H12F3NO3/c1-2-19-11(18)4-3-10(17)16-12-8(14)5-7(13)6-9(12)15/h5-6H,2-4H2,1H3,(H,16,17). The Morgan fingerprint density at radius 1 is 1.16 bits per heavy atom. The molecule has 0 radical (unpaired) electrons. The number of nitrogens with one attached hydrogen (secondary N) is 1. The Hall–Kier alpha value is -2.05. The van der Waals surface area contributed by atoms with Gasteiger partial charge in [0.1, 0.15) is 11.5 Å². The molecule has 1 amide bonds. The summed E-state index contributed by atoms with van der Waals surface area (Å²) in [6.45, 7) is 1.79.